The molecular weight excluding hydrogens is 238 g/mol. The maximum atomic E-state index is 6.21. The lowest BCUT2D eigenvalue weighted by atomic mass is 9.83. The number of hydrogen-bond donors (Lipinski definition) is 1. The summed E-state index contributed by atoms with van der Waals surface area (Å²) >= 11 is 0. The minimum atomic E-state index is 0.218. The van der Waals surface area contributed by atoms with E-state index in [0.29, 0.717) is 12.1 Å². The van der Waals surface area contributed by atoms with Crippen LogP contribution < -0.4 is 5.73 Å². The zero-order valence-corrected chi connectivity index (χ0v) is 12.9. The SMILES string of the molecule is CCC1COCCN1C1(CN)CCN(C(C)C)CC1. The molecule has 1 unspecified atom stereocenters. The van der Waals surface area contributed by atoms with E-state index in [1.807, 2.05) is 0 Å². The van der Waals surface area contributed by atoms with E-state index < -0.39 is 0 Å². The van der Waals surface area contributed by atoms with Crippen LogP contribution in [0.25, 0.3) is 0 Å². The van der Waals surface area contributed by atoms with Gasteiger partial charge in [-0.3, -0.25) is 4.90 Å². The fraction of sp³-hybridized carbons (Fsp3) is 1.00. The number of nitrogens with zero attached hydrogens (tertiary/aromatic N) is 2. The monoisotopic (exact) mass is 269 g/mol. The number of ether oxygens (including phenoxy) is 1. The summed E-state index contributed by atoms with van der Waals surface area (Å²) in [5.41, 5.74) is 6.42. The molecule has 0 aromatic carbocycles. The Kier molecular flexibility index (Phi) is 5.23. The van der Waals surface area contributed by atoms with E-state index in [9.17, 15) is 0 Å². The van der Waals surface area contributed by atoms with Crippen molar-refractivity contribution in [3.63, 3.8) is 0 Å². The molecule has 0 radical (unpaired) electrons. The minimum Gasteiger partial charge on any atom is -0.378 e. The zero-order chi connectivity index (χ0) is 13.9. The van der Waals surface area contributed by atoms with E-state index in [1.54, 1.807) is 0 Å². The number of nitrogens with two attached hydrogens (primary N) is 1. The third-order valence-electron chi connectivity index (χ3n) is 5.15. The van der Waals surface area contributed by atoms with Gasteiger partial charge in [0.05, 0.1) is 13.2 Å². The Labute approximate surface area is 118 Å². The molecule has 2 aliphatic heterocycles. The molecule has 0 saturated carbocycles. The van der Waals surface area contributed by atoms with Gasteiger partial charge in [-0.15, -0.1) is 0 Å². The summed E-state index contributed by atoms with van der Waals surface area (Å²) in [6.07, 6.45) is 3.58. The lowest BCUT2D eigenvalue weighted by Gasteiger charge is -2.53. The predicted octanol–water partition coefficient (Wildman–Crippen LogP) is 1.30. The van der Waals surface area contributed by atoms with Crippen molar-refractivity contribution < 1.29 is 4.74 Å². The molecular formula is C15H31N3O. The molecule has 0 aromatic heterocycles. The number of hydrogen-bond acceptors (Lipinski definition) is 4. The Bertz CT molecular complexity index is 275. The molecule has 0 amide bonds. The van der Waals surface area contributed by atoms with Crippen LogP contribution in [0, 0.1) is 0 Å². The van der Waals surface area contributed by atoms with Crippen LogP contribution in [0.5, 0.6) is 0 Å². The van der Waals surface area contributed by atoms with Crippen LogP contribution in [0.15, 0.2) is 0 Å². The second-order valence-corrected chi connectivity index (χ2v) is 6.39. The molecule has 2 fully saturated rings. The van der Waals surface area contributed by atoms with Gasteiger partial charge in [-0.1, -0.05) is 6.92 Å². The molecule has 0 spiro atoms. The molecule has 0 aromatic rings. The van der Waals surface area contributed by atoms with Crippen molar-refractivity contribution >= 4 is 0 Å². The van der Waals surface area contributed by atoms with E-state index in [1.165, 1.54) is 25.9 Å². The average molecular weight is 269 g/mol. The van der Waals surface area contributed by atoms with Crippen LogP contribution in [-0.2, 0) is 4.74 Å². The van der Waals surface area contributed by atoms with Crippen LogP contribution in [0.1, 0.15) is 40.0 Å². The second-order valence-electron chi connectivity index (χ2n) is 6.39. The predicted molar refractivity (Wildman–Crippen MR) is 79.3 cm³/mol. The van der Waals surface area contributed by atoms with E-state index in [-0.39, 0.29) is 5.54 Å². The fourth-order valence-corrected chi connectivity index (χ4v) is 3.68. The molecule has 0 aliphatic carbocycles. The average Bonchev–Trinajstić information content (AvgIpc) is 2.47. The summed E-state index contributed by atoms with van der Waals surface area (Å²) in [7, 11) is 0. The van der Waals surface area contributed by atoms with Crippen LogP contribution >= 0.6 is 0 Å². The first-order valence-electron chi connectivity index (χ1n) is 7.91. The van der Waals surface area contributed by atoms with Crippen LogP contribution in [0.2, 0.25) is 0 Å². The summed E-state index contributed by atoms with van der Waals surface area (Å²) in [5.74, 6) is 0. The maximum Gasteiger partial charge on any atom is 0.0622 e. The molecule has 4 heteroatoms. The van der Waals surface area contributed by atoms with Gasteiger partial charge < -0.3 is 15.4 Å². The Morgan fingerprint density at radius 1 is 1.26 bits per heavy atom. The quantitative estimate of drug-likeness (QED) is 0.835. The molecule has 4 nitrogen and oxygen atoms in total. The Morgan fingerprint density at radius 3 is 2.47 bits per heavy atom. The van der Waals surface area contributed by atoms with Crippen LogP contribution in [0.4, 0.5) is 0 Å². The van der Waals surface area contributed by atoms with Gasteiger partial charge in [0.15, 0.2) is 0 Å². The van der Waals surface area contributed by atoms with Gasteiger partial charge in [0, 0.05) is 43.8 Å². The molecule has 2 N–H and O–H groups in total. The van der Waals surface area contributed by atoms with Gasteiger partial charge in [-0.2, -0.15) is 0 Å². The van der Waals surface area contributed by atoms with Crippen molar-refractivity contribution in [3.05, 3.63) is 0 Å². The molecule has 2 aliphatic rings. The Morgan fingerprint density at radius 2 is 1.95 bits per heavy atom. The van der Waals surface area contributed by atoms with E-state index in [0.717, 1.165) is 32.7 Å². The number of likely N-dealkylation sites (tertiary alicyclic amines) is 1. The first kappa shape index (κ1) is 15.2. The molecule has 2 rings (SSSR count). The van der Waals surface area contributed by atoms with Gasteiger partial charge in [0.25, 0.3) is 0 Å². The zero-order valence-electron chi connectivity index (χ0n) is 12.9. The highest BCUT2D eigenvalue weighted by Gasteiger charge is 2.42. The van der Waals surface area contributed by atoms with Crippen molar-refractivity contribution in [2.24, 2.45) is 5.73 Å². The van der Waals surface area contributed by atoms with Crippen molar-refractivity contribution in [2.45, 2.75) is 57.7 Å². The highest BCUT2D eigenvalue weighted by molar-refractivity contribution is 4.99. The van der Waals surface area contributed by atoms with Gasteiger partial charge in [0.1, 0.15) is 0 Å². The third kappa shape index (κ3) is 3.13. The van der Waals surface area contributed by atoms with Crippen LogP contribution in [0.3, 0.4) is 0 Å². The summed E-state index contributed by atoms with van der Waals surface area (Å²) in [5, 5.41) is 0. The van der Waals surface area contributed by atoms with E-state index in [4.69, 9.17) is 10.5 Å². The maximum absolute atomic E-state index is 6.21. The summed E-state index contributed by atoms with van der Waals surface area (Å²) in [6.45, 7) is 12.8. The number of piperidine rings is 1. The smallest absolute Gasteiger partial charge is 0.0622 e. The van der Waals surface area contributed by atoms with Crippen molar-refractivity contribution in [2.75, 3.05) is 39.4 Å². The van der Waals surface area contributed by atoms with Crippen molar-refractivity contribution in [1.82, 2.24) is 9.80 Å². The molecule has 0 bridgehead atoms. The lowest BCUT2D eigenvalue weighted by Crippen LogP contribution is -2.65. The highest BCUT2D eigenvalue weighted by Crippen LogP contribution is 2.32. The molecule has 2 saturated heterocycles. The van der Waals surface area contributed by atoms with Crippen molar-refractivity contribution in [1.29, 1.82) is 0 Å². The fourth-order valence-electron chi connectivity index (χ4n) is 3.68. The van der Waals surface area contributed by atoms with Gasteiger partial charge in [-0.05, 0) is 33.1 Å². The standard InChI is InChI=1S/C15H31N3O/c1-4-14-11-19-10-9-18(14)15(12-16)5-7-17(8-6-15)13(2)3/h13-14H,4-12,16H2,1-3H3. The first-order valence-corrected chi connectivity index (χ1v) is 7.91. The number of morpholine rings is 1. The van der Waals surface area contributed by atoms with E-state index in [2.05, 4.69) is 30.6 Å². The molecule has 19 heavy (non-hydrogen) atoms. The molecule has 2 heterocycles. The number of rotatable bonds is 4. The van der Waals surface area contributed by atoms with Gasteiger partial charge in [0.2, 0.25) is 0 Å². The normalized spacial score (nSPS) is 29.8. The summed E-state index contributed by atoms with van der Waals surface area (Å²) in [4.78, 5) is 5.25. The second kappa shape index (κ2) is 6.53. The first-order chi connectivity index (χ1) is 9.13. The Hall–Kier alpha value is -0.160. The highest BCUT2D eigenvalue weighted by atomic mass is 16.5. The largest absolute Gasteiger partial charge is 0.378 e. The van der Waals surface area contributed by atoms with E-state index >= 15 is 0 Å². The van der Waals surface area contributed by atoms with Crippen LogP contribution in [-0.4, -0.2) is 66.8 Å². The molecule has 1 atom stereocenters. The lowest BCUT2D eigenvalue weighted by molar-refractivity contribution is -0.0844. The third-order valence-corrected chi connectivity index (χ3v) is 5.15. The summed E-state index contributed by atoms with van der Waals surface area (Å²) < 4.78 is 5.65. The minimum absolute atomic E-state index is 0.218. The van der Waals surface area contributed by atoms with Crippen molar-refractivity contribution in [3.8, 4) is 0 Å². The molecule has 112 valence electrons. The van der Waals surface area contributed by atoms with Gasteiger partial charge >= 0.3 is 0 Å². The Balaban J connectivity index is 2.06. The van der Waals surface area contributed by atoms with Gasteiger partial charge in [-0.25, -0.2) is 0 Å². The topological polar surface area (TPSA) is 41.7 Å². The summed E-state index contributed by atoms with van der Waals surface area (Å²) in [6, 6.07) is 1.21.